The van der Waals surface area contributed by atoms with Crippen molar-refractivity contribution in [2.24, 2.45) is 12.8 Å². The first-order valence-corrected chi connectivity index (χ1v) is 10.4. The minimum absolute atomic E-state index is 0.0390. The van der Waals surface area contributed by atoms with Crippen molar-refractivity contribution < 1.29 is 14.7 Å². The van der Waals surface area contributed by atoms with Crippen LogP contribution in [0.1, 0.15) is 21.5 Å². The van der Waals surface area contributed by atoms with E-state index in [1.807, 2.05) is 0 Å². The molecule has 0 bridgehead atoms. The summed E-state index contributed by atoms with van der Waals surface area (Å²) in [6.45, 7) is 0.0888. The highest BCUT2D eigenvalue weighted by molar-refractivity contribution is 6.34. The van der Waals surface area contributed by atoms with Crippen molar-refractivity contribution in [1.29, 1.82) is 0 Å². The standard InChI is InChI=1S/C23H21Cl2N3O4/c1-28-12-16(24)10-17(22(28)30)14-7-5-13(6-8-14)9-19(23(31)32)27-21(29)20-15(11-26)3-2-4-18(20)25/h2-8,10,12,19H,9,11,26H2,1H3,(H,27,29)(H,31,32). The van der Waals surface area contributed by atoms with Crippen molar-refractivity contribution in [2.75, 3.05) is 0 Å². The molecule has 0 radical (unpaired) electrons. The number of aryl methyl sites for hydroxylation is 1. The molecule has 1 aromatic heterocycles. The van der Waals surface area contributed by atoms with Crippen molar-refractivity contribution in [3.8, 4) is 11.1 Å². The zero-order valence-electron chi connectivity index (χ0n) is 17.1. The van der Waals surface area contributed by atoms with Crippen molar-refractivity contribution in [2.45, 2.75) is 19.0 Å². The molecule has 2 aromatic carbocycles. The Kier molecular flexibility index (Phi) is 7.35. The summed E-state index contributed by atoms with van der Waals surface area (Å²) in [5, 5.41) is 12.8. The van der Waals surface area contributed by atoms with Gasteiger partial charge in [0.25, 0.3) is 11.5 Å². The normalized spacial score (nSPS) is 11.8. The molecular weight excluding hydrogens is 453 g/mol. The number of carboxylic acids is 1. The van der Waals surface area contributed by atoms with Gasteiger partial charge in [-0.3, -0.25) is 9.59 Å². The first-order valence-electron chi connectivity index (χ1n) is 9.68. The molecule has 1 unspecified atom stereocenters. The highest BCUT2D eigenvalue weighted by atomic mass is 35.5. The Hall–Kier alpha value is -3.13. The monoisotopic (exact) mass is 473 g/mol. The zero-order valence-corrected chi connectivity index (χ0v) is 18.7. The average molecular weight is 474 g/mol. The Morgan fingerprint density at radius 1 is 1.16 bits per heavy atom. The number of halogens is 2. The predicted octanol–water partition coefficient (Wildman–Crippen LogP) is 3.24. The van der Waals surface area contributed by atoms with E-state index in [2.05, 4.69) is 5.32 Å². The maximum Gasteiger partial charge on any atom is 0.326 e. The summed E-state index contributed by atoms with van der Waals surface area (Å²) in [5.41, 5.74) is 7.91. The van der Waals surface area contributed by atoms with Gasteiger partial charge in [0, 0.05) is 31.8 Å². The molecule has 0 spiro atoms. The number of nitrogens with one attached hydrogen (secondary N) is 1. The van der Waals surface area contributed by atoms with E-state index in [1.54, 1.807) is 55.6 Å². The number of amides is 1. The van der Waals surface area contributed by atoms with E-state index in [1.165, 1.54) is 10.8 Å². The first-order chi connectivity index (χ1) is 15.2. The highest BCUT2D eigenvalue weighted by Gasteiger charge is 2.24. The van der Waals surface area contributed by atoms with Gasteiger partial charge in [0.2, 0.25) is 0 Å². The maximum atomic E-state index is 12.7. The van der Waals surface area contributed by atoms with Crippen LogP contribution < -0.4 is 16.6 Å². The second-order valence-electron chi connectivity index (χ2n) is 7.23. The van der Waals surface area contributed by atoms with Crippen molar-refractivity contribution in [3.05, 3.63) is 91.8 Å². The van der Waals surface area contributed by atoms with Crippen LogP contribution in [0, 0.1) is 0 Å². The van der Waals surface area contributed by atoms with Crippen LogP contribution in [0.3, 0.4) is 0 Å². The third-order valence-electron chi connectivity index (χ3n) is 5.01. The third-order valence-corrected chi connectivity index (χ3v) is 5.53. The Balaban J connectivity index is 1.81. The quantitative estimate of drug-likeness (QED) is 0.487. The number of pyridine rings is 1. The van der Waals surface area contributed by atoms with Crippen LogP contribution in [-0.4, -0.2) is 27.6 Å². The van der Waals surface area contributed by atoms with Gasteiger partial charge in [-0.05, 0) is 28.8 Å². The van der Waals surface area contributed by atoms with Gasteiger partial charge in [-0.1, -0.05) is 59.6 Å². The molecule has 4 N–H and O–H groups in total. The molecule has 7 nitrogen and oxygen atoms in total. The number of nitrogens with two attached hydrogens (primary N) is 1. The maximum absolute atomic E-state index is 12.7. The average Bonchev–Trinajstić information content (AvgIpc) is 2.75. The Morgan fingerprint density at radius 3 is 2.47 bits per heavy atom. The zero-order chi connectivity index (χ0) is 23.4. The SMILES string of the molecule is Cn1cc(Cl)cc(-c2ccc(CC(NC(=O)c3c(Cl)cccc3CN)C(=O)O)cc2)c1=O. The first kappa shape index (κ1) is 23.5. The Labute approximate surface area is 194 Å². The topological polar surface area (TPSA) is 114 Å². The number of aliphatic carboxylic acids is 1. The fraction of sp³-hybridized carbons (Fsp3) is 0.174. The smallest absolute Gasteiger partial charge is 0.326 e. The summed E-state index contributed by atoms with van der Waals surface area (Å²) in [7, 11) is 1.61. The van der Waals surface area contributed by atoms with E-state index >= 15 is 0 Å². The molecule has 0 aliphatic carbocycles. The van der Waals surface area contributed by atoms with Gasteiger partial charge in [-0.15, -0.1) is 0 Å². The molecule has 0 aliphatic heterocycles. The minimum atomic E-state index is -1.19. The summed E-state index contributed by atoms with van der Waals surface area (Å²) in [5.74, 6) is -1.80. The summed E-state index contributed by atoms with van der Waals surface area (Å²) in [6.07, 6.45) is 1.56. The van der Waals surface area contributed by atoms with Crippen molar-refractivity contribution in [3.63, 3.8) is 0 Å². The molecule has 0 saturated heterocycles. The molecule has 166 valence electrons. The van der Waals surface area contributed by atoms with Gasteiger partial charge >= 0.3 is 5.97 Å². The number of nitrogens with zero attached hydrogens (tertiary/aromatic N) is 1. The van der Waals surface area contributed by atoms with Crippen LogP contribution in [0.15, 0.2) is 59.5 Å². The summed E-state index contributed by atoms with van der Waals surface area (Å²) in [6, 6.07) is 12.1. The Bertz CT molecular complexity index is 1220. The van der Waals surface area contributed by atoms with Crippen LogP contribution in [0.5, 0.6) is 0 Å². The van der Waals surface area contributed by atoms with Gasteiger partial charge < -0.3 is 20.7 Å². The molecule has 0 aliphatic rings. The van der Waals surface area contributed by atoms with Crippen LogP contribution in [0.2, 0.25) is 10.0 Å². The van der Waals surface area contributed by atoms with E-state index in [4.69, 9.17) is 28.9 Å². The summed E-state index contributed by atoms with van der Waals surface area (Å²) < 4.78 is 1.39. The molecular formula is C23H21Cl2N3O4. The van der Waals surface area contributed by atoms with Gasteiger partial charge in [0.05, 0.1) is 15.6 Å². The van der Waals surface area contributed by atoms with Crippen LogP contribution >= 0.6 is 23.2 Å². The lowest BCUT2D eigenvalue weighted by Gasteiger charge is -2.17. The molecule has 3 rings (SSSR count). The van der Waals surface area contributed by atoms with Crippen LogP contribution in [0.25, 0.3) is 11.1 Å². The highest BCUT2D eigenvalue weighted by Crippen LogP contribution is 2.22. The fourth-order valence-corrected chi connectivity index (χ4v) is 3.89. The number of benzene rings is 2. The van der Waals surface area contributed by atoms with Crippen molar-refractivity contribution in [1.82, 2.24) is 9.88 Å². The van der Waals surface area contributed by atoms with Gasteiger partial charge in [0.15, 0.2) is 0 Å². The molecule has 1 amide bonds. The van der Waals surface area contributed by atoms with Crippen LogP contribution in [0.4, 0.5) is 0 Å². The number of carbonyl (C=O) groups excluding carboxylic acids is 1. The van der Waals surface area contributed by atoms with Gasteiger partial charge in [-0.2, -0.15) is 0 Å². The van der Waals surface area contributed by atoms with Gasteiger partial charge in [-0.25, -0.2) is 4.79 Å². The Morgan fingerprint density at radius 2 is 1.84 bits per heavy atom. The molecule has 1 heterocycles. The van der Waals surface area contributed by atoms with E-state index in [0.717, 1.165) is 0 Å². The molecule has 0 saturated carbocycles. The predicted molar refractivity (Wildman–Crippen MR) is 124 cm³/mol. The molecule has 0 fully saturated rings. The number of hydrogen-bond donors (Lipinski definition) is 3. The van der Waals surface area contributed by atoms with E-state index < -0.39 is 17.9 Å². The van der Waals surface area contributed by atoms with E-state index in [9.17, 15) is 19.5 Å². The lowest BCUT2D eigenvalue weighted by molar-refractivity contribution is -0.139. The molecule has 1 atom stereocenters. The second kappa shape index (κ2) is 9.99. The van der Waals surface area contributed by atoms with Crippen LogP contribution in [-0.2, 0) is 24.8 Å². The number of rotatable bonds is 7. The number of carboxylic acid groups (broad SMARTS) is 1. The van der Waals surface area contributed by atoms with E-state index in [0.29, 0.717) is 27.3 Å². The van der Waals surface area contributed by atoms with Gasteiger partial charge in [0.1, 0.15) is 6.04 Å². The molecule has 3 aromatic rings. The number of hydrogen-bond acceptors (Lipinski definition) is 4. The fourth-order valence-electron chi connectivity index (χ4n) is 3.36. The number of aromatic nitrogens is 1. The van der Waals surface area contributed by atoms with Crippen molar-refractivity contribution >= 4 is 35.1 Å². The third kappa shape index (κ3) is 5.19. The summed E-state index contributed by atoms with van der Waals surface area (Å²) >= 11 is 12.2. The molecule has 9 heteroatoms. The lowest BCUT2D eigenvalue weighted by atomic mass is 10.0. The summed E-state index contributed by atoms with van der Waals surface area (Å²) in [4.78, 5) is 36.9. The lowest BCUT2D eigenvalue weighted by Crippen LogP contribution is -2.42. The van der Waals surface area contributed by atoms with E-state index in [-0.39, 0.29) is 29.1 Å². The minimum Gasteiger partial charge on any atom is -0.480 e. The second-order valence-corrected chi connectivity index (χ2v) is 8.08. The number of carbonyl (C=O) groups is 2. The largest absolute Gasteiger partial charge is 0.480 e. The molecule has 32 heavy (non-hydrogen) atoms.